The number of piperidine rings is 1. The molecule has 2 aliphatic heterocycles. The van der Waals surface area contributed by atoms with Crippen LogP contribution in [0.15, 0.2) is 54.6 Å². The molecule has 2 aliphatic rings. The summed E-state index contributed by atoms with van der Waals surface area (Å²) in [5.74, 6) is -0.584. The standard InChI is InChI=1S/C23H27FN4O2/c24-20-8-4-5-9-21(20)28-15-14-27(23(28)30)17-22(29)25-19-10-12-26(13-11-19)16-18-6-2-1-3-7-18/h1-9,19H,10-17H2,(H,25,29). The molecular formula is C23H27FN4O2. The largest absolute Gasteiger partial charge is 0.352 e. The van der Waals surface area contributed by atoms with Crippen molar-refractivity contribution < 1.29 is 14.0 Å². The molecule has 0 aliphatic carbocycles. The van der Waals surface area contributed by atoms with E-state index in [9.17, 15) is 14.0 Å². The summed E-state index contributed by atoms with van der Waals surface area (Å²) < 4.78 is 14.0. The van der Waals surface area contributed by atoms with Crippen molar-refractivity contribution in [3.8, 4) is 0 Å². The number of benzene rings is 2. The highest BCUT2D eigenvalue weighted by atomic mass is 19.1. The van der Waals surface area contributed by atoms with Crippen LogP contribution in [0.4, 0.5) is 14.9 Å². The van der Waals surface area contributed by atoms with Crippen molar-refractivity contribution >= 4 is 17.6 Å². The van der Waals surface area contributed by atoms with Crippen LogP contribution in [-0.2, 0) is 11.3 Å². The van der Waals surface area contributed by atoms with Crippen LogP contribution in [0.2, 0.25) is 0 Å². The SMILES string of the molecule is O=C(CN1CCN(c2ccccc2F)C1=O)NC1CCN(Cc2ccccc2)CC1. The van der Waals surface area contributed by atoms with Crippen LogP contribution in [0.1, 0.15) is 18.4 Å². The number of carbonyl (C=O) groups is 2. The van der Waals surface area contributed by atoms with Crippen molar-refractivity contribution in [3.63, 3.8) is 0 Å². The molecule has 2 fully saturated rings. The van der Waals surface area contributed by atoms with Crippen LogP contribution in [0, 0.1) is 5.82 Å². The molecule has 0 radical (unpaired) electrons. The molecule has 6 nitrogen and oxygen atoms in total. The van der Waals surface area contributed by atoms with Crippen LogP contribution in [0.5, 0.6) is 0 Å². The van der Waals surface area contributed by atoms with Crippen LogP contribution in [0.25, 0.3) is 0 Å². The van der Waals surface area contributed by atoms with Gasteiger partial charge in [-0.05, 0) is 30.5 Å². The van der Waals surface area contributed by atoms with E-state index >= 15 is 0 Å². The Morgan fingerprint density at radius 2 is 1.67 bits per heavy atom. The number of halogens is 1. The van der Waals surface area contributed by atoms with E-state index in [0.717, 1.165) is 32.5 Å². The first kappa shape index (κ1) is 20.3. The smallest absolute Gasteiger partial charge is 0.325 e. The van der Waals surface area contributed by atoms with Gasteiger partial charge in [0.2, 0.25) is 5.91 Å². The van der Waals surface area contributed by atoms with Crippen LogP contribution in [0.3, 0.4) is 0 Å². The molecule has 2 aromatic carbocycles. The van der Waals surface area contributed by atoms with Crippen molar-refractivity contribution in [1.82, 2.24) is 15.1 Å². The zero-order valence-corrected chi connectivity index (χ0v) is 17.0. The third-order valence-corrected chi connectivity index (χ3v) is 5.77. The van der Waals surface area contributed by atoms with Gasteiger partial charge in [0.05, 0.1) is 5.69 Å². The lowest BCUT2D eigenvalue weighted by molar-refractivity contribution is -0.122. The van der Waals surface area contributed by atoms with E-state index in [1.807, 2.05) is 6.07 Å². The molecule has 0 unspecified atom stereocenters. The van der Waals surface area contributed by atoms with Gasteiger partial charge in [0.15, 0.2) is 0 Å². The summed E-state index contributed by atoms with van der Waals surface area (Å²) in [7, 11) is 0. The molecule has 0 saturated carbocycles. The lowest BCUT2D eigenvalue weighted by Crippen LogP contribution is -2.47. The van der Waals surface area contributed by atoms with Gasteiger partial charge in [-0.25, -0.2) is 9.18 Å². The zero-order valence-electron chi connectivity index (χ0n) is 17.0. The number of amides is 3. The maximum atomic E-state index is 14.0. The molecule has 0 aromatic heterocycles. The summed E-state index contributed by atoms with van der Waals surface area (Å²) >= 11 is 0. The fourth-order valence-electron chi connectivity index (χ4n) is 4.15. The molecule has 2 saturated heterocycles. The summed E-state index contributed by atoms with van der Waals surface area (Å²) in [6.07, 6.45) is 1.79. The maximum absolute atomic E-state index is 14.0. The summed E-state index contributed by atoms with van der Waals surface area (Å²) in [5, 5.41) is 3.06. The number of nitrogens with one attached hydrogen (secondary N) is 1. The molecule has 2 aromatic rings. The molecular weight excluding hydrogens is 383 g/mol. The molecule has 30 heavy (non-hydrogen) atoms. The predicted octanol–water partition coefficient (Wildman–Crippen LogP) is 2.85. The minimum absolute atomic E-state index is 0.00795. The zero-order chi connectivity index (χ0) is 20.9. The lowest BCUT2D eigenvalue weighted by Gasteiger charge is -2.32. The minimum Gasteiger partial charge on any atom is -0.352 e. The number of para-hydroxylation sites is 1. The highest BCUT2D eigenvalue weighted by molar-refractivity contribution is 5.96. The summed E-state index contributed by atoms with van der Waals surface area (Å²) in [6.45, 7) is 3.60. The van der Waals surface area contributed by atoms with E-state index in [2.05, 4.69) is 34.5 Å². The molecule has 158 valence electrons. The number of rotatable bonds is 6. The van der Waals surface area contributed by atoms with Gasteiger partial charge in [0.25, 0.3) is 0 Å². The van der Waals surface area contributed by atoms with Gasteiger partial charge in [-0.3, -0.25) is 14.6 Å². The van der Waals surface area contributed by atoms with Crippen molar-refractivity contribution in [2.24, 2.45) is 0 Å². The van der Waals surface area contributed by atoms with Crippen molar-refractivity contribution in [3.05, 3.63) is 66.0 Å². The molecule has 0 bridgehead atoms. The summed E-state index contributed by atoms with van der Waals surface area (Å²) in [5.41, 5.74) is 1.56. The van der Waals surface area contributed by atoms with Gasteiger partial charge >= 0.3 is 6.03 Å². The molecule has 0 atom stereocenters. The number of hydrogen-bond acceptors (Lipinski definition) is 3. The number of hydrogen-bond donors (Lipinski definition) is 1. The van der Waals surface area contributed by atoms with Crippen molar-refractivity contribution in [1.29, 1.82) is 0 Å². The van der Waals surface area contributed by atoms with E-state index in [-0.39, 0.29) is 30.2 Å². The van der Waals surface area contributed by atoms with Crippen molar-refractivity contribution in [2.45, 2.75) is 25.4 Å². The highest BCUT2D eigenvalue weighted by Gasteiger charge is 2.32. The molecule has 7 heteroatoms. The maximum Gasteiger partial charge on any atom is 0.325 e. The lowest BCUT2D eigenvalue weighted by atomic mass is 10.0. The number of carbonyl (C=O) groups excluding carboxylic acids is 2. The van der Waals surface area contributed by atoms with Crippen LogP contribution in [-0.4, -0.2) is 60.5 Å². The second-order valence-electron chi connectivity index (χ2n) is 7.91. The average molecular weight is 410 g/mol. The van der Waals surface area contributed by atoms with Gasteiger partial charge < -0.3 is 10.2 Å². The van der Waals surface area contributed by atoms with Gasteiger partial charge in [0.1, 0.15) is 12.4 Å². The molecule has 1 N–H and O–H groups in total. The Hall–Kier alpha value is -2.93. The minimum atomic E-state index is -0.431. The van der Waals surface area contributed by atoms with E-state index in [1.54, 1.807) is 18.2 Å². The Morgan fingerprint density at radius 3 is 2.40 bits per heavy atom. The third-order valence-electron chi connectivity index (χ3n) is 5.77. The second-order valence-corrected chi connectivity index (χ2v) is 7.91. The van der Waals surface area contributed by atoms with Crippen LogP contribution >= 0.6 is 0 Å². The Labute approximate surface area is 176 Å². The number of nitrogens with zero attached hydrogens (tertiary/aromatic N) is 3. The Kier molecular flexibility index (Phi) is 6.28. The molecule has 0 spiro atoms. The highest BCUT2D eigenvalue weighted by Crippen LogP contribution is 2.23. The first-order valence-corrected chi connectivity index (χ1v) is 10.5. The van der Waals surface area contributed by atoms with E-state index in [1.165, 1.54) is 21.4 Å². The first-order chi connectivity index (χ1) is 14.6. The van der Waals surface area contributed by atoms with E-state index in [0.29, 0.717) is 13.1 Å². The Balaban J connectivity index is 1.23. The number of anilines is 1. The van der Waals surface area contributed by atoms with E-state index < -0.39 is 5.82 Å². The van der Waals surface area contributed by atoms with Crippen LogP contribution < -0.4 is 10.2 Å². The fraction of sp³-hybridized carbons (Fsp3) is 0.391. The first-order valence-electron chi connectivity index (χ1n) is 10.5. The Bertz CT molecular complexity index is 884. The fourth-order valence-corrected chi connectivity index (χ4v) is 4.15. The topological polar surface area (TPSA) is 55.9 Å². The van der Waals surface area contributed by atoms with Gasteiger partial charge in [-0.15, -0.1) is 0 Å². The predicted molar refractivity (Wildman–Crippen MR) is 114 cm³/mol. The number of urea groups is 1. The van der Waals surface area contributed by atoms with Gasteiger partial charge in [-0.2, -0.15) is 0 Å². The summed E-state index contributed by atoms with van der Waals surface area (Å²) in [6, 6.07) is 16.4. The number of likely N-dealkylation sites (tertiary alicyclic amines) is 1. The average Bonchev–Trinajstić information content (AvgIpc) is 3.10. The second kappa shape index (κ2) is 9.26. The Morgan fingerprint density at radius 1 is 0.967 bits per heavy atom. The molecule has 3 amide bonds. The molecule has 4 rings (SSSR count). The van der Waals surface area contributed by atoms with Gasteiger partial charge in [-0.1, -0.05) is 42.5 Å². The van der Waals surface area contributed by atoms with E-state index in [4.69, 9.17) is 0 Å². The molecule has 2 heterocycles. The summed E-state index contributed by atoms with van der Waals surface area (Å²) in [4.78, 5) is 30.4. The monoisotopic (exact) mass is 410 g/mol. The van der Waals surface area contributed by atoms with Gasteiger partial charge in [0, 0.05) is 38.8 Å². The normalized spacial score (nSPS) is 18.1. The van der Waals surface area contributed by atoms with Crippen molar-refractivity contribution in [2.75, 3.05) is 37.6 Å². The third kappa shape index (κ3) is 4.79. The quantitative estimate of drug-likeness (QED) is 0.797.